The van der Waals surface area contributed by atoms with E-state index in [9.17, 15) is 4.79 Å². The first-order valence-electron chi connectivity index (χ1n) is 8.59. The number of rotatable bonds is 3. The molecule has 6 nitrogen and oxygen atoms in total. The lowest BCUT2D eigenvalue weighted by molar-refractivity contribution is -0.121. The largest absolute Gasteiger partial charge is 0.367 e. The third-order valence-electron chi connectivity index (χ3n) is 4.89. The van der Waals surface area contributed by atoms with Crippen LogP contribution in [0.5, 0.6) is 0 Å². The number of hydrogen-bond acceptors (Lipinski definition) is 5. The molecule has 2 aliphatic rings. The van der Waals surface area contributed by atoms with Gasteiger partial charge in [-0.15, -0.1) is 0 Å². The van der Waals surface area contributed by atoms with E-state index in [2.05, 4.69) is 25.8 Å². The summed E-state index contributed by atoms with van der Waals surface area (Å²) >= 11 is 0. The monoisotopic (exact) mass is 323 g/mol. The van der Waals surface area contributed by atoms with Crippen LogP contribution in [-0.2, 0) is 4.79 Å². The maximum absolute atomic E-state index is 11.4. The van der Waals surface area contributed by atoms with E-state index >= 15 is 0 Å². The molecule has 1 atom stereocenters. The fraction of sp³-hybridized carbons (Fsp3) is 0.444. The van der Waals surface area contributed by atoms with Crippen molar-refractivity contribution in [3.63, 3.8) is 0 Å². The Morgan fingerprint density at radius 3 is 2.83 bits per heavy atom. The van der Waals surface area contributed by atoms with Gasteiger partial charge in [-0.2, -0.15) is 5.10 Å². The van der Waals surface area contributed by atoms with Crippen molar-refractivity contribution in [1.29, 1.82) is 0 Å². The topological polar surface area (TPSA) is 79.3 Å². The molecular formula is C18H21N5O. The molecule has 24 heavy (non-hydrogen) atoms. The minimum atomic E-state index is -0.0302. The van der Waals surface area contributed by atoms with Crippen molar-refractivity contribution in [3.8, 4) is 0 Å². The van der Waals surface area contributed by atoms with E-state index in [1.54, 1.807) is 6.33 Å². The fourth-order valence-corrected chi connectivity index (χ4v) is 3.60. The van der Waals surface area contributed by atoms with Crippen LogP contribution in [0.1, 0.15) is 44.6 Å². The minimum absolute atomic E-state index is 0.0302. The Bertz CT molecular complexity index is 810. The van der Waals surface area contributed by atoms with Crippen LogP contribution in [0.3, 0.4) is 0 Å². The fourth-order valence-electron chi connectivity index (χ4n) is 3.60. The SMILES string of the molecule is CC1CC(=O)NN=C1c1ccc2c(NC3CCCC3)ncnc2c1. The molecule has 2 heterocycles. The Balaban J connectivity index is 1.67. The Morgan fingerprint density at radius 2 is 2.04 bits per heavy atom. The number of nitrogens with zero attached hydrogens (tertiary/aromatic N) is 3. The molecule has 1 unspecified atom stereocenters. The quantitative estimate of drug-likeness (QED) is 0.910. The number of fused-ring (bicyclic) bond motifs is 1. The van der Waals surface area contributed by atoms with Gasteiger partial charge in [0.05, 0.1) is 11.2 Å². The molecular weight excluding hydrogens is 302 g/mol. The van der Waals surface area contributed by atoms with Crippen molar-refractivity contribution in [2.75, 3.05) is 5.32 Å². The molecule has 0 radical (unpaired) electrons. The number of amides is 1. The third-order valence-corrected chi connectivity index (χ3v) is 4.89. The highest BCUT2D eigenvalue weighted by Gasteiger charge is 2.22. The summed E-state index contributed by atoms with van der Waals surface area (Å²) in [7, 11) is 0. The normalized spacial score (nSPS) is 21.6. The zero-order valence-corrected chi connectivity index (χ0v) is 13.7. The number of nitrogens with one attached hydrogen (secondary N) is 2. The molecule has 1 aliphatic carbocycles. The van der Waals surface area contributed by atoms with Gasteiger partial charge in [-0.25, -0.2) is 15.4 Å². The van der Waals surface area contributed by atoms with E-state index in [0.717, 1.165) is 28.0 Å². The molecule has 2 N–H and O–H groups in total. The van der Waals surface area contributed by atoms with Crippen LogP contribution in [-0.4, -0.2) is 27.6 Å². The van der Waals surface area contributed by atoms with E-state index in [-0.39, 0.29) is 11.8 Å². The van der Waals surface area contributed by atoms with Gasteiger partial charge in [0, 0.05) is 29.3 Å². The smallest absolute Gasteiger partial charge is 0.240 e. The van der Waals surface area contributed by atoms with Gasteiger partial charge in [-0.1, -0.05) is 25.8 Å². The summed E-state index contributed by atoms with van der Waals surface area (Å²) in [6, 6.07) is 6.64. The molecule has 1 aliphatic heterocycles. The standard InChI is InChI=1S/C18H21N5O/c1-11-8-16(24)22-23-17(11)12-6-7-14-15(9-12)19-10-20-18(14)21-13-4-2-3-5-13/h6-7,9-11,13H,2-5,8H2,1H3,(H,22,24)(H,19,20,21). The first-order valence-corrected chi connectivity index (χ1v) is 8.59. The molecule has 1 amide bonds. The predicted molar refractivity (Wildman–Crippen MR) is 93.9 cm³/mol. The Labute approximate surface area is 140 Å². The van der Waals surface area contributed by atoms with Gasteiger partial charge in [0.15, 0.2) is 0 Å². The van der Waals surface area contributed by atoms with Crippen molar-refractivity contribution in [3.05, 3.63) is 30.1 Å². The van der Waals surface area contributed by atoms with Gasteiger partial charge >= 0.3 is 0 Å². The molecule has 6 heteroatoms. The second-order valence-corrected chi connectivity index (χ2v) is 6.72. The lowest BCUT2D eigenvalue weighted by Crippen LogP contribution is -2.31. The molecule has 2 aromatic rings. The summed E-state index contributed by atoms with van der Waals surface area (Å²) in [4.78, 5) is 20.3. The second kappa shape index (κ2) is 6.19. The molecule has 1 fully saturated rings. The van der Waals surface area contributed by atoms with Gasteiger partial charge in [0.2, 0.25) is 5.91 Å². The second-order valence-electron chi connectivity index (χ2n) is 6.72. The van der Waals surface area contributed by atoms with Gasteiger partial charge in [-0.05, 0) is 25.0 Å². The zero-order valence-electron chi connectivity index (χ0n) is 13.7. The van der Waals surface area contributed by atoms with Crippen molar-refractivity contribution in [2.45, 2.75) is 45.1 Å². The van der Waals surface area contributed by atoms with Crippen molar-refractivity contribution >= 4 is 28.3 Å². The number of anilines is 1. The molecule has 1 aromatic heterocycles. The number of carbonyl (C=O) groups is 1. The molecule has 124 valence electrons. The summed E-state index contributed by atoms with van der Waals surface area (Å²) in [5.74, 6) is 0.983. The minimum Gasteiger partial charge on any atom is -0.367 e. The summed E-state index contributed by atoms with van der Waals surface area (Å²) in [6.07, 6.45) is 7.06. The van der Waals surface area contributed by atoms with Crippen molar-refractivity contribution in [2.24, 2.45) is 11.0 Å². The van der Waals surface area contributed by atoms with Crippen LogP contribution < -0.4 is 10.7 Å². The Kier molecular flexibility index (Phi) is 3.88. The van der Waals surface area contributed by atoms with Crippen LogP contribution in [0.2, 0.25) is 0 Å². The first kappa shape index (κ1) is 15.1. The van der Waals surface area contributed by atoms with E-state index in [4.69, 9.17) is 0 Å². The van der Waals surface area contributed by atoms with Gasteiger partial charge in [0.25, 0.3) is 0 Å². The van der Waals surface area contributed by atoms with Crippen LogP contribution in [0.15, 0.2) is 29.6 Å². The highest BCUT2D eigenvalue weighted by molar-refractivity contribution is 6.07. The number of benzene rings is 1. The maximum Gasteiger partial charge on any atom is 0.240 e. The molecule has 1 aromatic carbocycles. The van der Waals surface area contributed by atoms with Crippen LogP contribution in [0.25, 0.3) is 10.9 Å². The van der Waals surface area contributed by atoms with E-state index in [1.807, 2.05) is 25.1 Å². The average Bonchev–Trinajstić information content (AvgIpc) is 3.08. The summed E-state index contributed by atoms with van der Waals surface area (Å²) in [5, 5.41) is 8.82. The van der Waals surface area contributed by atoms with Gasteiger partial charge in [-0.3, -0.25) is 4.79 Å². The van der Waals surface area contributed by atoms with E-state index < -0.39 is 0 Å². The van der Waals surface area contributed by atoms with Crippen LogP contribution >= 0.6 is 0 Å². The summed E-state index contributed by atoms with van der Waals surface area (Å²) < 4.78 is 0. The molecule has 4 rings (SSSR count). The lowest BCUT2D eigenvalue weighted by atomic mass is 9.93. The first-order chi connectivity index (χ1) is 11.7. The van der Waals surface area contributed by atoms with E-state index in [1.165, 1.54) is 25.7 Å². The summed E-state index contributed by atoms with van der Waals surface area (Å²) in [6.45, 7) is 2.02. The maximum atomic E-state index is 11.4. The highest BCUT2D eigenvalue weighted by Crippen LogP contribution is 2.27. The lowest BCUT2D eigenvalue weighted by Gasteiger charge is -2.19. The van der Waals surface area contributed by atoms with Crippen LogP contribution in [0, 0.1) is 5.92 Å². The Hall–Kier alpha value is -2.50. The third kappa shape index (κ3) is 2.84. The Morgan fingerprint density at radius 1 is 1.21 bits per heavy atom. The number of carbonyl (C=O) groups excluding carboxylic acids is 1. The molecule has 1 saturated carbocycles. The van der Waals surface area contributed by atoms with E-state index in [0.29, 0.717) is 12.5 Å². The number of hydrogen-bond donors (Lipinski definition) is 2. The van der Waals surface area contributed by atoms with Gasteiger partial charge < -0.3 is 5.32 Å². The molecule has 0 saturated heterocycles. The molecule has 0 bridgehead atoms. The van der Waals surface area contributed by atoms with Gasteiger partial charge in [0.1, 0.15) is 12.1 Å². The van der Waals surface area contributed by atoms with Crippen molar-refractivity contribution < 1.29 is 4.79 Å². The highest BCUT2D eigenvalue weighted by atomic mass is 16.2. The van der Waals surface area contributed by atoms with Crippen LogP contribution in [0.4, 0.5) is 5.82 Å². The number of hydrazone groups is 1. The summed E-state index contributed by atoms with van der Waals surface area (Å²) in [5.41, 5.74) is 5.37. The average molecular weight is 323 g/mol. The zero-order chi connectivity index (χ0) is 16.5. The number of aromatic nitrogens is 2. The molecule has 0 spiro atoms. The van der Waals surface area contributed by atoms with Crippen molar-refractivity contribution in [1.82, 2.24) is 15.4 Å². The predicted octanol–water partition coefficient (Wildman–Crippen LogP) is 2.84.